The smallest absolute Gasteiger partial charge is 0.271 e. The van der Waals surface area contributed by atoms with Crippen molar-refractivity contribution in [1.29, 1.82) is 0 Å². The van der Waals surface area contributed by atoms with Gasteiger partial charge in [-0.3, -0.25) is 14.6 Å². The number of amides is 1. The van der Waals surface area contributed by atoms with Crippen LogP contribution in [0.2, 0.25) is 0 Å². The lowest BCUT2D eigenvalue weighted by Gasteiger charge is -2.36. The lowest BCUT2D eigenvalue weighted by molar-refractivity contribution is 0.0944. The van der Waals surface area contributed by atoms with E-state index < -0.39 is 0 Å². The standard InChI is InChI=1S/C17H22N6O2/c1-12-9-19-14(11-18-12)17(25)20-10-13-5-3-4-8-23(13)15-6-7-16(24)22(2)21-15/h6-7,9,11,13H,3-5,8,10H2,1-2H3,(H,20,25). The molecule has 2 aromatic rings. The molecule has 1 aliphatic rings. The van der Waals surface area contributed by atoms with Crippen LogP contribution in [0.3, 0.4) is 0 Å². The summed E-state index contributed by atoms with van der Waals surface area (Å²) in [6.07, 6.45) is 6.20. The predicted octanol–water partition coefficient (Wildman–Crippen LogP) is 0.668. The Balaban J connectivity index is 1.68. The van der Waals surface area contributed by atoms with E-state index in [1.807, 2.05) is 6.92 Å². The topological polar surface area (TPSA) is 93.0 Å². The van der Waals surface area contributed by atoms with Gasteiger partial charge in [0.15, 0.2) is 0 Å². The molecule has 3 rings (SSSR count). The number of hydrogen-bond acceptors (Lipinski definition) is 6. The van der Waals surface area contributed by atoms with Crippen molar-refractivity contribution in [3.05, 3.63) is 46.3 Å². The Hall–Kier alpha value is -2.77. The molecule has 0 spiro atoms. The SMILES string of the molecule is Cc1cnc(C(=O)NCC2CCCCN2c2ccc(=O)n(C)n2)cn1. The maximum Gasteiger partial charge on any atom is 0.271 e. The Morgan fingerprint density at radius 3 is 2.84 bits per heavy atom. The van der Waals surface area contributed by atoms with E-state index >= 15 is 0 Å². The Labute approximate surface area is 145 Å². The quantitative estimate of drug-likeness (QED) is 0.878. The Bertz CT molecular complexity index is 802. The van der Waals surface area contributed by atoms with Crippen molar-refractivity contribution in [2.24, 2.45) is 7.05 Å². The summed E-state index contributed by atoms with van der Waals surface area (Å²) in [4.78, 5) is 34.1. The van der Waals surface area contributed by atoms with E-state index in [1.54, 1.807) is 19.3 Å². The molecule has 8 heteroatoms. The molecule has 1 unspecified atom stereocenters. The minimum atomic E-state index is -0.230. The number of aromatic nitrogens is 4. The van der Waals surface area contributed by atoms with Crippen LogP contribution in [0.15, 0.2) is 29.3 Å². The molecular weight excluding hydrogens is 320 g/mol. The van der Waals surface area contributed by atoms with Crippen LogP contribution in [-0.2, 0) is 7.05 Å². The molecule has 1 saturated heterocycles. The Morgan fingerprint density at radius 1 is 1.28 bits per heavy atom. The van der Waals surface area contributed by atoms with Gasteiger partial charge in [0, 0.05) is 38.4 Å². The summed E-state index contributed by atoms with van der Waals surface area (Å²) >= 11 is 0. The molecule has 132 valence electrons. The van der Waals surface area contributed by atoms with Crippen LogP contribution in [0.1, 0.15) is 35.4 Å². The molecular formula is C17H22N6O2. The predicted molar refractivity (Wildman–Crippen MR) is 93.6 cm³/mol. The molecule has 2 aromatic heterocycles. The van der Waals surface area contributed by atoms with Gasteiger partial charge in [-0.25, -0.2) is 9.67 Å². The van der Waals surface area contributed by atoms with Gasteiger partial charge in [-0.2, -0.15) is 5.10 Å². The molecule has 1 atom stereocenters. The average Bonchev–Trinajstić information content (AvgIpc) is 2.63. The zero-order valence-corrected chi connectivity index (χ0v) is 14.5. The number of piperidine rings is 1. The van der Waals surface area contributed by atoms with Gasteiger partial charge in [0.25, 0.3) is 11.5 Å². The molecule has 1 fully saturated rings. The Morgan fingerprint density at radius 2 is 2.12 bits per heavy atom. The molecule has 0 saturated carbocycles. The second-order valence-electron chi connectivity index (χ2n) is 6.25. The first-order chi connectivity index (χ1) is 12.0. The number of anilines is 1. The maximum atomic E-state index is 12.2. The van der Waals surface area contributed by atoms with E-state index in [-0.39, 0.29) is 17.5 Å². The second kappa shape index (κ2) is 7.42. The zero-order chi connectivity index (χ0) is 17.8. The van der Waals surface area contributed by atoms with Crippen LogP contribution in [0.5, 0.6) is 0 Å². The van der Waals surface area contributed by atoms with Crippen molar-refractivity contribution < 1.29 is 4.79 Å². The molecule has 0 aromatic carbocycles. The number of carbonyl (C=O) groups is 1. The number of nitrogens with one attached hydrogen (secondary N) is 1. The Kier molecular flexibility index (Phi) is 5.06. The monoisotopic (exact) mass is 342 g/mol. The fraction of sp³-hybridized carbons (Fsp3) is 0.471. The first kappa shape index (κ1) is 17.1. The molecule has 0 bridgehead atoms. The third-order valence-electron chi connectivity index (χ3n) is 4.38. The summed E-state index contributed by atoms with van der Waals surface area (Å²) in [5.41, 5.74) is 0.951. The largest absolute Gasteiger partial charge is 0.350 e. The number of hydrogen-bond donors (Lipinski definition) is 1. The van der Waals surface area contributed by atoms with Crippen molar-refractivity contribution >= 4 is 11.7 Å². The maximum absolute atomic E-state index is 12.2. The summed E-state index contributed by atoms with van der Waals surface area (Å²) in [6.45, 7) is 3.18. The van der Waals surface area contributed by atoms with Gasteiger partial charge in [0.1, 0.15) is 11.5 Å². The molecule has 3 heterocycles. The van der Waals surface area contributed by atoms with Gasteiger partial charge in [0.05, 0.1) is 11.9 Å². The first-order valence-electron chi connectivity index (χ1n) is 8.42. The summed E-state index contributed by atoms with van der Waals surface area (Å²) in [5.74, 6) is 0.530. The normalized spacial score (nSPS) is 17.4. The second-order valence-corrected chi connectivity index (χ2v) is 6.25. The number of rotatable bonds is 4. The van der Waals surface area contributed by atoms with Gasteiger partial charge in [-0.05, 0) is 32.3 Å². The molecule has 8 nitrogen and oxygen atoms in total. The highest BCUT2D eigenvalue weighted by atomic mass is 16.2. The highest BCUT2D eigenvalue weighted by Gasteiger charge is 2.24. The van der Waals surface area contributed by atoms with Gasteiger partial charge < -0.3 is 10.2 Å². The van der Waals surface area contributed by atoms with E-state index in [1.165, 1.54) is 16.9 Å². The van der Waals surface area contributed by atoms with Crippen molar-refractivity contribution in [2.45, 2.75) is 32.2 Å². The molecule has 0 radical (unpaired) electrons. The van der Waals surface area contributed by atoms with E-state index in [4.69, 9.17) is 0 Å². The first-order valence-corrected chi connectivity index (χ1v) is 8.42. The van der Waals surface area contributed by atoms with Crippen molar-refractivity contribution in [3.63, 3.8) is 0 Å². The van der Waals surface area contributed by atoms with Crippen LogP contribution in [0.4, 0.5) is 5.82 Å². The molecule has 1 amide bonds. The zero-order valence-electron chi connectivity index (χ0n) is 14.5. The summed E-state index contributed by atoms with van der Waals surface area (Å²) in [7, 11) is 1.64. The molecule has 1 N–H and O–H groups in total. The summed E-state index contributed by atoms with van der Waals surface area (Å²) in [5, 5.41) is 7.27. The highest BCUT2D eigenvalue weighted by Crippen LogP contribution is 2.21. The highest BCUT2D eigenvalue weighted by molar-refractivity contribution is 5.91. The minimum absolute atomic E-state index is 0.136. The third-order valence-corrected chi connectivity index (χ3v) is 4.38. The van der Waals surface area contributed by atoms with Crippen molar-refractivity contribution in [2.75, 3.05) is 18.0 Å². The fourth-order valence-electron chi connectivity index (χ4n) is 2.97. The molecule has 1 aliphatic heterocycles. The lowest BCUT2D eigenvalue weighted by Crippen LogP contribution is -2.47. The van der Waals surface area contributed by atoms with E-state index in [9.17, 15) is 9.59 Å². The number of carbonyl (C=O) groups excluding carboxylic acids is 1. The average molecular weight is 342 g/mol. The minimum Gasteiger partial charge on any atom is -0.350 e. The van der Waals surface area contributed by atoms with Crippen LogP contribution in [0.25, 0.3) is 0 Å². The fourth-order valence-corrected chi connectivity index (χ4v) is 2.97. The third kappa shape index (κ3) is 4.01. The summed E-state index contributed by atoms with van der Waals surface area (Å²) < 4.78 is 1.33. The van der Waals surface area contributed by atoms with Gasteiger partial charge in [0.2, 0.25) is 0 Å². The van der Waals surface area contributed by atoms with Crippen molar-refractivity contribution in [3.8, 4) is 0 Å². The van der Waals surface area contributed by atoms with Crippen molar-refractivity contribution in [1.82, 2.24) is 25.1 Å². The van der Waals surface area contributed by atoms with Gasteiger partial charge in [-0.15, -0.1) is 0 Å². The van der Waals surface area contributed by atoms with Crippen LogP contribution in [-0.4, -0.2) is 44.8 Å². The molecule has 0 aliphatic carbocycles. The van der Waals surface area contributed by atoms with Crippen LogP contribution >= 0.6 is 0 Å². The molecule has 25 heavy (non-hydrogen) atoms. The number of nitrogens with zero attached hydrogens (tertiary/aromatic N) is 5. The summed E-state index contributed by atoms with van der Waals surface area (Å²) in [6, 6.07) is 3.41. The van der Waals surface area contributed by atoms with Crippen LogP contribution in [0, 0.1) is 6.92 Å². The van der Waals surface area contributed by atoms with E-state index in [0.29, 0.717) is 12.2 Å². The lowest BCUT2D eigenvalue weighted by atomic mass is 10.0. The van der Waals surface area contributed by atoms with Gasteiger partial charge >= 0.3 is 0 Å². The van der Waals surface area contributed by atoms with E-state index in [0.717, 1.165) is 37.3 Å². The van der Waals surface area contributed by atoms with Crippen LogP contribution < -0.4 is 15.8 Å². The van der Waals surface area contributed by atoms with E-state index in [2.05, 4.69) is 25.3 Å². The number of aryl methyl sites for hydroxylation is 2. The van der Waals surface area contributed by atoms with Gasteiger partial charge in [-0.1, -0.05) is 0 Å².